The van der Waals surface area contributed by atoms with Crippen LogP contribution < -0.4 is 0 Å². The summed E-state index contributed by atoms with van der Waals surface area (Å²) in [5.74, 6) is 0.714. The Morgan fingerprint density at radius 1 is 0.246 bits per heavy atom. The molecule has 0 unspecified atom stereocenters. The molecule has 0 aliphatic heterocycles. The Morgan fingerprint density at radius 2 is 0.477 bits per heavy atom. The highest BCUT2D eigenvalue weighted by molar-refractivity contribution is 6.07. The van der Waals surface area contributed by atoms with Crippen molar-refractivity contribution in [1.29, 1.82) is 0 Å². The molecule has 0 aromatic heterocycles. The third kappa shape index (κ3) is 14.0. The molecule has 0 amide bonds. The molecular weight excluding hydrogens is 785 g/mol. The van der Waals surface area contributed by atoms with Crippen molar-refractivity contribution < 1.29 is 0 Å². The van der Waals surface area contributed by atoms with Gasteiger partial charge < -0.3 is 0 Å². The molecule has 0 bridgehead atoms. The van der Waals surface area contributed by atoms with E-state index < -0.39 is 0 Å². The van der Waals surface area contributed by atoms with Gasteiger partial charge in [-0.05, 0) is 112 Å². The second-order valence-corrected chi connectivity index (χ2v) is 16.2. The molecule has 0 atom stereocenters. The molecule has 0 saturated heterocycles. The number of rotatable bonds is 10. The molecule has 2 heteroatoms. The third-order valence-corrected chi connectivity index (χ3v) is 11.3. The van der Waals surface area contributed by atoms with Gasteiger partial charge in [-0.25, -0.2) is 9.98 Å². The summed E-state index contributed by atoms with van der Waals surface area (Å²) in [6, 6.07) is 80.2. The van der Waals surface area contributed by atoms with E-state index in [1.165, 1.54) is 44.5 Å². The molecule has 316 valence electrons. The Labute approximate surface area is 385 Å². The lowest BCUT2D eigenvalue weighted by molar-refractivity contribution is 0.673. The van der Waals surface area contributed by atoms with Crippen molar-refractivity contribution in [2.75, 3.05) is 0 Å². The average molecular weight is 839 g/mol. The Kier molecular flexibility index (Phi) is 15.8. The van der Waals surface area contributed by atoms with Crippen LogP contribution in [-0.4, -0.2) is 11.4 Å². The van der Waals surface area contributed by atoms with Crippen LogP contribution in [0.25, 0.3) is 11.1 Å². The fraction of sp³-hybridized carbons (Fsp3) is 0.0794. The van der Waals surface area contributed by atoms with Gasteiger partial charge in [0.05, 0.1) is 22.8 Å². The van der Waals surface area contributed by atoms with Crippen molar-refractivity contribution in [3.05, 3.63) is 313 Å². The molecule has 2 aliphatic rings. The van der Waals surface area contributed by atoms with E-state index in [0.29, 0.717) is 11.8 Å². The van der Waals surface area contributed by atoms with Gasteiger partial charge in [0.25, 0.3) is 0 Å². The van der Waals surface area contributed by atoms with Crippen molar-refractivity contribution in [1.82, 2.24) is 0 Å². The lowest BCUT2D eigenvalue weighted by Gasteiger charge is -2.20. The summed E-state index contributed by atoms with van der Waals surface area (Å²) < 4.78 is 0. The second-order valence-electron chi connectivity index (χ2n) is 16.2. The molecule has 0 fully saturated rings. The van der Waals surface area contributed by atoms with Crippen LogP contribution in [0.3, 0.4) is 0 Å². The van der Waals surface area contributed by atoms with Gasteiger partial charge in [-0.3, -0.25) is 0 Å². The fourth-order valence-corrected chi connectivity index (χ4v) is 7.76. The summed E-state index contributed by atoms with van der Waals surface area (Å²) in [5, 5.41) is 0. The maximum atomic E-state index is 4.64. The van der Waals surface area contributed by atoms with Crippen LogP contribution >= 0.6 is 0 Å². The van der Waals surface area contributed by atoms with Crippen LogP contribution in [0, 0.1) is 11.8 Å². The first-order valence-corrected chi connectivity index (χ1v) is 22.5. The van der Waals surface area contributed by atoms with Gasteiger partial charge in [0.2, 0.25) is 0 Å². The highest BCUT2D eigenvalue weighted by Gasteiger charge is 2.16. The van der Waals surface area contributed by atoms with Crippen LogP contribution in [0.2, 0.25) is 0 Å². The Hall–Kier alpha value is -7.94. The van der Waals surface area contributed by atoms with Crippen molar-refractivity contribution >= 4 is 22.8 Å². The average Bonchev–Trinajstić information content (AvgIpc) is 3.37. The number of para-hydroxylation sites is 2. The zero-order chi connectivity index (χ0) is 44.1. The molecule has 65 heavy (non-hydrogen) atoms. The molecule has 2 nitrogen and oxygen atoms in total. The highest BCUT2D eigenvalue weighted by Crippen LogP contribution is 2.26. The molecule has 0 N–H and O–H groups in total. The third-order valence-electron chi connectivity index (χ3n) is 11.3. The van der Waals surface area contributed by atoms with E-state index in [-0.39, 0.29) is 0 Å². The van der Waals surface area contributed by atoms with E-state index >= 15 is 0 Å². The molecule has 0 spiro atoms. The second kappa shape index (κ2) is 23.5. The minimum absolute atomic E-state index is 0.357. The van der Waals surface area contributed by atoms with Crippen molar-refractivity contribution in [2.24, 2.45) is 21.8 Å². The summed E-state index contributed by atoms with van der Waals surface area (Å²) in [6.45, 7) is 0. The van der Waals surface area contributed by atoms with Gasteiger partial charge >= 0.3 is 0 Å². The van der Waals surface area contributed by atoms with Crippen molar-refractivity contribution in [3.8, 4) is 11.1 Å². The number of aliphatic imine (C=N–C) groups is 2. The van der Waals surface area contributed by atoms with Crippen molar-refractivity contribution in [2.45, 2.75) is 19.3 Å². The van der Waals surface area contributed by atoms with E-state index in [1.54, 1.807) is 0 Å². The molecule has 2 aliphatic carbocycles. The molecule has 0 saturated carbocycles. The lowest BCUT2D eigenvalue weighted by atomic mass is 9.85. The molecule has 8 aromatic carbocycles. The predicted octanol–water partition coefficient (Wildman–Crippen LogP) is 15.8. The minimum Gasteiger partial charge on any atom is -0.249 e. The van der Waals surface area contributed by atoms with E-state index in [1.807, 2.05) is 60.7 Å². The normalized spacial score (nSPS) is 14.6. The quantitative estimate of drug-likeness (QED) is 0.131. The predicted molar refractivity (Wildman–Crippen MR) is 277 cm³/mol. The smallest absolute Gasteiger partial charge is 0.0636 e. The van der Waals surface area contributed by atoms with Crippen molar-refractivity contribution in [3.63, 3.8) is 0 Å². The zero-order valence-electron chi connectivity index (χ0n) is 36.7. The Balaban J connectivity index is 0.000000141. The van der Waals surface area contributed by atoms with Gasteiger partial charge in [-0.15, -0.1) is 0 Å². The lowest BCUT2D eigenvalue weighted by Crippen LogP contribution is -2.12. The van der Waals surface area contributed by atoms with Crippen LogP contribution in [0.4, 0.5) is 11.4 Å². The molecule has 8 aromatic rings. The standard InChI is InChI=1S/C26H22.C24H20N2.C13H12/c1-3-7-21(8-4-1)19-23-11-15-25(16-12-23)26-17-13-24(14-18-26)20-22-9-5-2-6-10-22;1-3-7-21(8-4-1)25-23-15-11-19(12-16-23)20-13-17-24(18-14-20)26-22-9-5-2-6-10-22;1-3-7-12(8-4-1)11-13-9-5-2-6-10-13/h1-18H,19-20H2;1-20H;1-10H,11H2. The number of hydrogen-bond donors (Lipinski definition) is 0. The van der Waals surface area contributed by atoms with Crippen LogP contribution in [-0.2, 0) is 19.3 Å². The van der Waals surface area contributed by atoms with Gasteiger partial charge in [-0.2, -0.15) is 0 Å². The van der Waals surface area contributed by atoms with E-state index in [0.717, 1.165) is 42.1 Å². The van der Waals surface area contributed by atoms with E-state index in [9.17, 15) is 0 Å². The van der Waals surface area contributed by atoms with Gasteiger partial charge in [-0.1, -0.05) is 231 Å². The van der Waals surface area contributed by atoms with Crippen LogP contribution in [0.15, 0.2) is 289 Å². The highest BCUT2D eigenvalue weighted by atomic mass is 14.7. The van der Waals surface area contributed by atoms with Crippen LogP contribution in [0.1, 0.15) is 33.4 Å². The molecule has 0 radical (unpaired) electrons. The number of benzene rings is 8. The molecule has 0 heterocycles. The number of nitrogens with zero attached hydrogens (tertiary/aromatic N) is 2. The Morgan fingerprint density at radius 3 is 0.738 bits per heavy atom. The Bertz CT molecular complexity index is 2590. The summed E-state index contributed by atoms with van der Waals surface area (Å²) >= 11 is 0. The minimum atomic E-state index is 0.357. The van der Waals surface area contributed by atoms with E-state index in [2.05, 4.69) is 228 Å². The molecular formula is C63H54N2. The first-order chi connectivity index (χ1) is 32.2. The van der Waals surface area contributed by atoms with Gasteiger partial charge in [0.15, 0.2) is 0 Å². The molecule has 10 rings (SSSR count). The van der Waals surface area contributed by atoms with Gasteiger partial charge in [0.1, 0.15) is 0 Å². The summed E-state index contributed by atoms with van der Waals surface area (Å²) in [7, 11) is 0. The maximum absolute atomic E-state index is 4.64. The zero-order valence-corrected chi connectivity index (χ0v) is 36.7. The monoisotopic (exact) mass is 838 g/mol. The maximum Gasteiger partial charge on any atom is 0.0636 e. The first kappa shape index (κ1) is 43.7. The van der Waals surface area contributed by atoms with Crippen LogP contribution in [0.5, 0.6) is 0 Å². The fourth-order valence-electron chi connectivity index (χ4n) is 7.76. The van der Waals surface area contributed by atoms with E-state index in [4.69, 9.17) is 0 Å². The van der Waals surface area contributed by atoms with Gasteiger partial charge in [0, 0.05) is 11.8 Å². The summed E-state index contributed by atoms with van der Waals surface area (Å²) in [6.07, 6.45) is 20.3. The topological polar surface area (TPSA) is 24.7 Å². The number of hydrogen-bond acceptors (Lipinski definition) is 2. The largest absolute Gasteiger partial charge is 0.249 e. The summed E-state index contributed by atoms with van der Waals surface area (Å²) in [4.78, 5) is 9.29. The SMILES string of the molecule is C1=CC(C2C=CC(=Nc3ccccc3)C=C2)C=CC1=Nc1ccccc1.c1ccc(Cc2ccc(-c3ccc(Cc4ccccc4)cc3)cc2)cc1.c1ccc(Cc2ccccc2)cc1. The number of allylic oxidation sites excluding steroid dienone is 8. The first-order valence-electron chi connectivity index (χ1n) is 22.5. The summed E-state index contributed by atoms with van der Waals surface area (Å²) in [5.41, 5.74) is 14.6.